The van der Waals surface area contributed by atoms with Crippen LogP contribution >= 0.6 is 27.7 Å². The number of amides is 1. The molecule has 0 N–H and O–H groups in total. The number of benzene rings is 2. The molecule has 3 aromatic rings. The molecule has 1 atom stereocenters. The summed E-state index contributed by atoms with van der Waals surface area (Å²) >= 11 is 4.93. The van der Waals surface area contributed by atoms with E-state index in [0.717, 1.165) is 10.0 Å². The molecule has 4 rings (SSSR count). The van der Waals surface area contributed by atoms with Crippen LogP contribution in [0, 0.1) is 0 Å². The van der Waals surface area contributed by atoms with Crippen LogP contribution in [0.5, 0.6) is 11.6 Å². The van der Waals surface area contributed by atoms with E-state index in [1.54, 1.807) is 18.1 Å². The lowest BCUT2D eigenvalue weighted by atomic mass is 10.1. The van der Waals surface area contributed by atoms with Crippen molar-refractivity contribution in [2.24, 2.45) is 0 Å². The molecule has 0 saturated heterocycles. The Labute approximate surface area is 199 Å². The summed E-state index contributed by atoms with van der Waals surface area (Å²) in [6.07, 6.45) is 1.25. The third-order valence-electron chi connectivity index (χ3n) is 4.87. The highest BCUT2D eigenvalue weighted by Crippen LogP contribution is 2.45. The zero-order chi connectivity index (χ0) is 22.7. The average molecular weight is 513 g/mol. The highest BCUT2D eigenvalue weighted by Gasteiger charge is 2.36. The first-order chi connectivity index (χ1) is 15.6. The molecule has 164 valence electrons. The molecule has 2 heterocycles. The lowest BCUT2D eigenvalue weighted by Crippen LogP contribution is -2.37. The number of aromatic nitrogens is 3. The van der Waals surface area contributed by atoms with Crippen molar-refractivity contribution in [3.8, 4) is 22.9 Å². The number of thioether (sulfide) groups is 1. The molecule has 7 nitrogen and oxygen atoms in total. The van der Waals surface area contributed by atoms with Crippen LogP contribution in [0.4, 0.5) is 5.69 Å². The van der Waals surface area contributed by atoms with Crippen LogP contribution in [-0.4, -0.2) is 34.0 Å². The predicted molar refractivity (Wildman–Crippen MR) is 128 cm³/mol. The van der Waals surface area contributed by atoms with E-state index in [2.05, 4.69) is 37.7 Å². The van der Waals surface area contributed by atoms with Crippen molar-refractivity contribution in [2.45, 2.75) is 24.7 Å². The molecular formula is C23H21BrN4O3S. The lowest BCUT2D eigenvalue weighted by Gasteiger charge is -2.31. The van der Waals surface area contributed by atoms with Gasteiger partial charge in [0, 0.05) is 22.2 Å². The van der Waals surface area contributed by atoms with Crippen molar-refractivity contribution < 1.29 is 14.3 Å². The highest BCUT2D eigenvalue weighted by molar-refractivity contribution is 9.10. The van der Waals surface area contributed by atoms with Crippen molar-refractivity contribution >= 4 is 39.3 Å². The van der Waals surface area contributed by atoms with Gasteiger partial charge in [-0.15, -0.1) is 16.8 Å². The van der Waals surface area contributed by atoms with Crippen molar-refractivity contribution in [1.82, 2.24) is 15.2 Å². The fraction of sp³-hybridized carbons (Fsp3) is 0.217. The molecule has 1 amide bonds. The van der Waals surface area contributed by atoms with Gasteiger partial charge in [0.1, 0.15) is 5.75 Å². The Kier molecular flexibility index (Phi) is 6.76. The number of ether oxygens (including phenoxy) is 2. The van der Waals surface area contributed by atoms with Crippen molar-refractivity contribution in [2.75, 3.05) is 17.8 Å². The van der Waals surface area contributed by atoms with Crippen molar-refractivity contribution in [3.05, 3.63) is 65.2 Å². The molecule has 0 spiro atoms. The molecule has 9 heteroatoms. The largest absolute Gasteiger partial charge is 0.496 e. The Morgan fingerprint density at radius 2 is 2.12 bits per heavy atom. The summed E-state index contributed by atoms with van der Waals surface area (Å²) in [5.74, 6) is 1.43. The first-order valence-electron chi connectivity index (χ1n) is 9.97. The number of rotatable bonds is 6. The van der Waals surface area contributed by atoms with Crippen molar-refractivity contribution in [1.29, 1.82) is 0 Å². The normalized spacial score (nSPS) is 14.6. The number of hydrogen-bond donors (Lipinski definition) is 0. The zero-order valence-electron chi connectivity index (χ0n) is 17.6. The molecule has 0 radical (unpaired) electrons. The first-order valence-corrected chi connectivity index (χ1v) is 11.7. The Morgan fingerprint density at radius 1 is 1.31 bits per heavy atom. The molecule has 1 aliphatic rings. The second-order valence-corrected chi connectivity index (χ2v) is 8.74. The lowest BCUT2D eigenvalue weighted by molar-refractivity contribution is -0.120. The third kappa shape index (κ3) is 4.22. The maximum absolute atomic E-state index is 13.2. The maximum atomic E-state index is 13.2. The number of carbonyl (C=O) groups is 1. The second kappa shape index (κ2) is 9.70. The van der Waals surface area contributed by atoms with Gasteiger partial charge >= 0.3 is 0 Å². The van der Waals surface area contributed by atoms with Gasteiger partial charge in [-0.25, -0.2) is 0 Å². The summed E-state index contributed by atoms with van der Waals surface area (Å²) in [5, 5.41) is 9.12. The Bertz CT molecular complexity index is 1170. The van der Waals surface area contributed by atoms with E-state index in [0.29, 0.717) is 45.9 Å². The number of para-hydroxylation sites is 1. The van der Waals surface area contributed by atoms with Crippen LogP contribution in [0.15, 0.2) is 64.7 Å². The smallest absolute Gasteiger partial charge is 0.247 e. The highest BCUT2D eigenvalue weighted by atomic mass is 79.9. The topological polar surface area (TPSA) is 77.4 Å². The van der Waals surface area contributed by atoms with Crippen LogP contribution in [0.1, 0.15) is 25.1 Å². The minimum atomic E-state index is -0.814. The van der Waals surface area contributed by atoms with Crippen LogP contribution in [0.3, 0.4) is 0 Å². The standard InChI is InChI=1S/C23H21BrN4O3S/c1-4-12-32-23-25-21-20(26-27-23)15-8-6-7-9-17(15)28(19(29)5-2)22(31-21)16-13-14(24)10-11-18(16)30-3/h4,6-11,13,22H,1,5,12H2,2-3H3/t22-/m1/s1. The maximum Gasteiger partial charge on any atom is 0.247 e. The van der Waals surface area contributed by atoms with Gasteiger partial charge < -0.3 is 9.47 Å². The molecule has 0 unspecified atom stereocenters. The molecule has 32 heavy (non-hydrogen) atoms. The van der Waals surface area contributed by atoms with Crippen LogP contribution in [-0.2, 0) is 4.79 Å². The SMILES string of the molecule is C=CCSc1nnc2c(n1)O[C@H](c1cc(Br)ccc1OC)N(C(=O)CC)c1ccccc1-2. The van der Waals surface area contributed by atoms with Gasteiger partial charge in [0.2, 0.25) is 23.2 Å². The van der Waals surface area contributed by atoms with E-state index in [1.165, 1.54) is 11.8 Å². The number of carbonyl (C=O) groups excluding carboxylic acids is 1. The molecule has 0 bridgehead atoms. The van der Waals surface area contributed by atoms with Gasteiger partial charge in [0.05, 0.1) is 18.4 Å². The number of nitrogens with zero attached hydrogens (tertiary/aromatic N) is 4. The molecule has 0 aliphatic carbocycles. The quantitative estimate of drug-likeness (QED) is 0.322. The summed E-state index contributed by atoms with van der Waals surface area (Å²) in [4.78, 5) is 19.5. The summed E-state index contributed by atoms with van der Waals surface area (Å²) < 4.78 is 12.9. The summed E-state index contributed by atoms with van der Waals surface area (Å²) in [6.45, 7) is 5.55. The van der Waals surface area contributed by atoms with Crippen LogP contribution < -0.4 is 14.4 Å². The van der Waals surface area contributed by atoms with E-state index in [1.807, 2.05) is 49.4 Å². The molecule has 1 aliphatic heterocycles. The molecular weight excluding hydrogens is 492 g/mol. The van der Waals surface area contributed by atoms with E-state index < -0.39 is 6.23 Å². The van der Waals surface area contributed by atoms with Gasteiger partial charge in [0.25, 0.3) is 0 Å². The summed E-state index contributed by atoms with van der Waals surface area (Å²) in [6, 6.07) is 13.1. The van der Waals surface area contributed by atoms with E-state index in [-0.39, 0.29) is 5.91 Å². The van der Waals surface area contributed by atoms with E-state index >= 15 is 0 Å². The van der Waals surface area contributed by atoms with E-state index in [9.17, 15) is 4.79 Å². The number of halogens is 1. The monoisotopic (exact) mass is 512 g/mol. The second-order valence-electron chi connectivity index (χ2n) is 6.84. The van der Waals surface area contributed by atoms with Gasteiger partial charge in [0.15, 0.2) is 5.69 Å². The molecule has 0 saturated carbocycles. The van der Waals surface area contributed by atoms with Gasteiger partial charge in [-0.2, -0.15) is 4.98 Å². The average Bonchev–Trinajstić information content (AvgIpc) is 2.96. The first kappa shape index (κ1) is 22.3. The summed E-state index contributed by atoms with van der Waals surface area (Å²) in [5.41, 5.74) is 2.56. The van der Waals surface area contributed by atoms with E-state index in [4.69, 9.17) is 9.47 Å². The number of methoxy groups -OCH3 is 1. The van der Waals surface area contributed by atoms with Crippen molar-refractivity contribution in [3.63, 3.8) is 0 Å². The van der Waals surface area contributed by atoms with Gasteiger partial charge in [-0.3, -0.25) is 9.69 Å². The van der Waals surface area contributed by atoms with Gasteiger partial charge in [-0.1, -0.05) is 58.9 Å². The number of hydrogen-bond acceptors (Lipinski definition) is 7. The minimum Gasteiger partial charge on any atom is -0.496 e. The van der Waals surface area contributed by atoms with Crippen LogP contribution in [0.25, 0.3) is 11.3 Å². The number of anilines is 1. The zero-order valence-corrected chi connectivity index (χ0v) is 20.0. The number of fused-ring (bicyclic) bond motifs is 3. The Hall–Kier alpha value is -2.91. The molecule has 1 aromatic heterocycles. The fourth-order valence-corrected chi connectivity index (χ4v) is 4.34. The predicted octanol–water partition coefficient (Wildman–Crippen LogP) is 5.42. The molecule has 0 fully saturated rings. The third-order valence-corrected chi connectivity index (χ3v) is 6.20. The van der Waals surface area contributed by atoms with Gasteiger partial charge in [-0.05, 0) is 24.3 Å². The Balaban J connectivity index is 1.96. The Morgan fingerprint density at radius 3 is 2.88 bits per heavy atom. The minimum absolute atomic E-state index is 0.105. The van der Waals surface area contributed by atoms with Crippen LogP contribution in [0.2, 0.25) is 0 Å². The molecule has 2 aromatic carbocycles. The summed E-state index contributed by atoms with van der Waals surface area (Å²) in [7, 11) is 1.59. The fourth-order valence-electron chi connectivity index (χ4n) is 3.45.